The summed E-state index contributed by atoms with van der Waals surface area (Å²) in [7, 11) is 0. The fourth-order valence-electron chi connectivity index (χ4n) is 13.1. The van der Waals surface area contributed by atoms with E-state index in [2.05, 4.69) is 276 Å². The maximum absolute atomic E-state index is 6.95. The molecule has 3 heteroatoms. The van der Waals surface area contributed by atoms with Gasteiger partial charge in [-0.05, 0) is 122 Å². The molecule has 3 nitrogen and oxygen atoms in total. The molecule has 12 aromatic carbocycles. The first-order valence-electron chi connectivity index (χ1n) is 25.6. The first-order valence-corrected chi connectivity index (χ1v) is 25.6. The predicted molar refractivity (Wildman–Crippen MR) is 307 cm³/mol. The minimum atomic E-state index is -0.477. The summed E-state index contributed by atoms with van der Waals surface area (Å²) in [5.41, 5.74) is 22.9. The van der Waals surface area contributed by atoms with Gasteiger partial charge in [-0.2, -0.15) is 0 Å². The number of rotatable bonds is 6. The van der Waals surface area contributed by atoms with Crippen LogP contribution >= 0.6 is 0 Å². The van der Waals surface area contributed by atoms with Gasteiger partial charge in [-0.25, -0.2) is 0 Å². The van der Waals surface area contributed by atoms with Gasteiger partial charge >= 0.3 is 0 Å². The van der Waals surface area contributed by atoms with E-state index in [-0.39, 0.29) is 0 Å². The number of aromatic nitrogens is 1. The summed E-state index contributed by atoms with van der Waals surface area (Å²) in [5.74, 6) is 0. The Morgan fingerprint density at radius 3 is 1.64 bits per heavy atom. The Morgan fingerprint density at radius 2 is 0.878 bits per heavy atom. The van der Waals surface area contributed by atoms with E-state index in [0.29, 0.717) is 0 Å². The average Bonchev–Trinajstić information content (AvgIpc) is 4.35. The maximum Gasteiger partial charge on any atom is 0.143 e. The number of nitrogens with zero attached hydrogens (tertiary/aromatic N) is 2. The van der Waals surface area contributed by atoms with Crippen molar-refractivity contribution in [2.45, 2.75) is 5.41 Å². The van der Waals surface area contributed by atoms with Crippen LogP contribution in [-0.4, -0.2) is 4.57 Å². The largest absolute Gasteiger partial charge is 0.455 e. The van der Waals surface area contributed by atoms with E-state index >= 15 is 0 Å². The molecule has 0 atom stereocenters. The molecule has 0 unspecified atom stereocenters. The van der Waals surface area contributed by atoms with Gasteiger partial charge in [0.05, 0.1) is 22.1 Å². The molecule has 0 saturated carbocycles. The van der Waals surface area contributed by atoms with Crippen molar-refractivity contribution in [3.05, 3.63) is 289 Å². The third-order valence-corrected chi connectivity index (χ3v) is 16.2. The first-order chi connectivity index (χ1) is 36.7. The molecule has 2 aliphatic carbocycles. The van der Waals surface area contributed by atoms with Crippen molar-refractivity contribution in [1.29, 1.82) is 0 Å². The van der Waals surface area contributed by atoms with Crippen LogP contribution in [0, 0.1) is 0 Å². The molecule has 0 fully saturated rings. The van der Waals surface area contributed by atoms with E-state index in [9.17, 15) is 0 Å². The Bertz CT molecular complexity index is 4530. The highest BCUT2D eigenvalue weighted by atomic mass is 16.3. The highest BCUT2D eigenvalue weighted by Gasteiger charge is 2.52. The summed E-state index contributed by atoms with van der Waals surface area (Å²) in [6.45, 7) is 0. The molecule has 1 spiro atoms. The van der Waals surface area contributed by atoms with Crippen LogP contribution in [0.3, 0.4) is 0 Å². The van der Waals surface area contributed by atoms with Gasteiger partial charge < -0.3 is 13.9 Å². The van der Waals surface area contributed by atoms with Crippen molar-refractivity contribution in [2.24, 2.45) is 0 Å². The monoisotopic (exact) mass is 940 g/mol. The lowest BCUT2D eigenvalue weighted by Gasteiger charge is -2.32. The van der Waals surface area contributed by atoms with Crippen LogP contribution in [0.4, 0.5) is 17.1 Å². The zero-order valence-electron chi connectivity index (χ0n) is 40.2. The fraction of sp³-hybridized carbons (Fsp3) is 0.0141. The van der Waals surface area contributed by atoms with E-state index in [1.807, 2.05) is 0 Å². The third kappa shape index (κ3) is 5.66. The Kier molecular flexibility index (Phi) is 8.66. The second-order valence-corrected chi connectivity index (χ2v) is 19.9. The molecule has 344 valence electrons. The average molecular weight is 941 g/mol. The Balaban J connectivity index is 0.894. The number of hydrogen-bond acceptors (Lipinski definition) is 2. The fourth-order valence-corrected chi connectivity index (χ4v) is 13.1. The normalized spacial score (nSPS) is 13.0. The van der Waals surface area contributed by atoms with Crippen LogP contribution in [-0.2, 0) is 5.41 Å². The molecule has 2 heterocycles. The topological polar surface area (TPSA) is 21.3 Å². The van der Waals surface area contributed by atoms with Crippen LogP contribution in [0.5, 0.6) is 0 Å². The molecule has 0 radical (unpaired) electrons. The minimum absolute atomic E-state index is 0.477. The lowest BCUT2D eigenvalue weighted by molar-refractivity contribution is 0.674. The predicted octanol–water partition coefficient (Wildman–Crippen LogP) is 19.0. The molecule has 0 amide bonds. The second-order valence-electron chi connectivity index (χ2n) is 19.9. The smallest absolute Gasteiger partial charge is 0.143 e. The SMILES string of the molecule is c1cc(-c2cccc3c2oc2c4ccccc4ccc32)cc(N(c2ccc(-c3cccc(-n4c5ccccc5c5ccccc54)c3)cc2)c2cccc3c2-c2ccccc2C32c3ccccc3-c3ccccc32)c1. The third-order valence-electron chi connectivity index (χ3n) is 16.2. The van der Waals surface area contributed by atoms with Crippen LogP contribution in [0.2, 0.25) is 0 Å². The van der Waals surface area contributed by atoms with E-state index in [0.717, 1.165) is 72.3 Å². The molecule has 2 aliphatic rings. The molecule has 2 aromatic heterocycles. The lowest BCUT2D eigenvalue weighted by atomic mass is 9.70. The molecule has 0 saturated heterocycles. The standard InChI is InChI=1S/C71H44N2O/c1-2-22-52-46(17-1)39-42-59-58-29-15-28-53(70(58)74-69(52)59)48-19-14-20-50(44-48)72(49-40-37-45(38-41-49)47-18-13-21-51(43-47)73-65-34-11-6-25-56(65)57-26-7-12-35-66(57)73)67-36-16-33-64-68(67)60-27-5-10-32-63(60)71(64)61-30-8-3-23-54(61)55-24-4-9-31-62(55)71/h1-44H. The van der Waals surface area contributed by atoms with Crippen molar-refractivity contribution < 1.29 is 4.42 Å². The van der Waals surface area contributed by atoms with E-state index in [1.165, 1.54) is 71.7 Å². The van der Waals surface area contributed by atoms with Gasteiger partial charge in [0.25, 0.3) is 0 Å². The van der Waals surface area contributed by atoms with Crippen LogP contribution in [0.15, 0.2) is 271 Å². The number of anilines is 3. The lowest BCUT2D eigenvalue weighted by Crippen LogP contribution is -2.26. The molecule has 0 bridgehead atoms. The van der Waals surface area contributed by atoms with Crippen molar-refractivity contribution in [1.82, 2.24) is 4.57 Å². The summed E-state index contributed by atoms with van der Waals surface area (Å²) >= 11 is 0. The van der Waals surface area contributed by atoms with Gasteiger partial charge in [0.2, 0.25) is 0 Å². The van der Waals surface area contributed by atoms with Crippen molar-refractivity contribution in [3.63, 3.8) is 0 Å². The van der Waals surface area contributed by atoms with Crippen LogP contribution < -0.4 is 4.90 Å². The van der Waals surface area contributed by atoms with Crippen LogP contribution in [0.1, 0.15) is 22.3 Å². The summed E-state index contributed by atoms with van der Waals surface area (Å²) in [5, 5.41) is 7.05. The Labute approximate surface area is 428 Å². The molecular weight excluding hydrogens is 897 g/mol. The zero-order chi connectivity index (χ0) is 48.5. The Hall–Kier alpha value is -9.70. The highest BCUT2D eigenvalue weighted by Crippen LogP contribution is 2.64. The number of furan rings is 1. The number of fused-ring (bicyclic) bond motifs is 18. The molecule has 16 rings (SSSR count). The van der Waals surface area contributed by atoms with E-state index in [1.54, 1.807) is 0 Å². The highest BCUT2D eigenvalue weighted by molar-refractivity contribution is 6.17. The molecular formula is C71H44N2O. The Morgan fingerprint density at radius 1 is 0.324 bits per heavy atom. The number of para-hydroxylation sites is 3. The summed E-state index contributed by atoms with van der Waals surface area (Å²) in [6, 6.07) is 98.3. The van der Waals surface area contributed by atoms with Gasteiger partial charge in [0.15, 0.2) is 0 Å². The molecule has 0 aliphatic heterocycles. The van der Waals surface area contributed by atoms with Gasteiger partial charge in [0, 0.05) is 55.1 Å². The van der Waals surface area contributed by atoms with Gasteiger partial charge in [0.1, 0.15) is 11.2 Å². The zero-order valence-corrected chi connectivity index (χ0v) is 40.2. The van der Waals surface area contributed by atoms with Crippen molar-refractivity contribution in [3.8, 4) is 50.2 Å². The summed E-state index contributed by atoms with van der Waals surface area (Å²) in [4.78, 5) is 2.48. The second kappa shape index (κ2) is 15.6. The van der Waals surface area contributed by atoms with Crippen molar-refractivity contribution >= 4 is 71.6 Å². The summed E-state index contributed by atoms with van der Waals surface area (Å²) < 4.78 is 9.34. The summed E-state index contributed by atoms with van der Waals surface area (Å²) in [6.07, 6.45) is 0. The van der Waals surface area contributed by atoms with Crippen molar-refractivity contribution in [2.75, 3.05) is 4.90 Å². The van der Waals surface area contributed by atoms with Gasteiger partial charge in [-0.1, -0.05) is 206 Å². The van der Waals surface area contributed by atoms with E-state index < -0.39 is 5.41 Å². The minimum Gasteiger partial charge on any atom is -0.455 e. The van der Waals surface area contributed by atoms with Crippen LogP contribution in [0.25, 0.3) is 105 Å². The van der Waals surface area contributed by atoms with Gasteiger partial charge in [-0.15, -0.1) is 0 Å². The molecule has 14 aromatic rings. The molecule has 74 heavy (non-hydrogen) atoms. The molecule has 0 N–H and O–H groups in total. The quantitative estimate of drug-likeness (QED) is 0.166. The van der Waals surface area contributed by atoms with Gasteiger partial charge in [-0.3, -0.25) is 0 Å². The number of hydrogen-bond donors (Lipinski definition) is 0. The maximum atomic E-state index is 6.95. The number of benzene rings is 12. The van der Waals surface area contributed by atoms with E-state index in [4.69, 9.17) is 4.42 Å². The first kappa shape index (κ1) is 41.0.